The van der Waals surface area contributed by atoms with Crippen LogP contribution in [0, 0.1) is 10.1 Å². The van der Waals surface area contributed by atoms with E-state index in [9.17, 15) is 23.3 Å². The number of nitrogens with zero attached hydrogens (tertiary/aromatic N) is 1. The highest BCUT2D eigenvalue weighted by Gasteiger charge is 2.34. The molecule has 17 heavy (non-hydrogen) atoms. The fraction of sp³-hybridized carbons (Fsp3) is 0.400. The molecule has 0 aliphatic rings. The van der Waals surface area contributed by atoms with Crippen LogP contribution in [-0.4, -0.2) is 4.92 Å². The number of hydrogen-bond acceptors (Lipinski definition) is 3. The molecule has 0 radical (unpaired) electrons. The van der Waals surface area contributed by atoms with Gasteiger partial charge in [-0.15, -0.1) is 0 Å². The molecule has 2 N–H and O–H groups in total. The lowest BCUT2D eigenvalue weighted by atomic mass is 9.92. The molecule has 0 amide bonds. The highest BCUT2D eigenvalue weighted by molar-refractivity contribution is 5.47. The lowest BCUT2D eigenvalue weighted by Crippen LogP contribution is -2.30. The summed E-state index contributed by atoms with van der Waals surface area (Å²) in [6.45, 7) is 2.82. The third-order valence-electron chi connectivity index (χ3n) is 2.21. The van der Waals surface area contributed by atoms with Crippen LogP contribution in [0.15, 0.2) is 18.2 Å². The average molecular weight is 248 g/mol. The number of nitrogens with two attached hydrogens (primary N) is 1. The minimum atomic E-state index is -4.55. The van der Waals surface area contributed by atoms with E-state index in [0.29, 0.717) is 6.07 Å². The van der Waals surface area contributed by atoms with Crippen molar-refractivity contribution in [3.63, 3.8) is 0 Å². The van der Waals surface area contributed by atoms with Gasteiger partial charge in [-0.25, -0.2) is 0 Å². The van der Waals surface area contributed by atoms with Crippen LogP contribution in [0.4, 0.5) is 18.9 Å². The van der Waals surface area contributed by atoms with Gasteiger partial charge in [-0.05, 0) is 26.0 Å². The van der Waals surface area contributed by atoms with Crippen molar-refractivity contribution in [1.82, 2.24) is 0 Å². The maximum absolute atomic E-state index is 12.5. The SMILES string of the molecule is CC(C)(N)c1cc(C(F)(F)F)ccc1[N+](=O)[O-]. The Bertz CT molecular complexity index is 450. The molecule has 0 atom stereocenters. The van der Waals surface area contributed by atoms with Gasteiger partial charge in [0, 0.05) is 17.2 Å². The molecule has 1 rings (SSSR count). The molecule has 0 bridgehead atoms. The summed E-state index contributed by atoms with van der Waals surface area (Å²) in [4.78, 5) is 9.95. The quantitative estimate of drug-likeness (QED) is 0.646. The zero-order valence-electron chi connectivity index (χ0n) is 9.21. The summed E-state index contributed by atoms with van der Waals surface area (Å²) in [5.74, 6) is 0. The molecule has 0 aliphatic carbocycles. The van der Waals surface area contributed by atoms with E-state index < -0.39 is 27.9 Å². The van der Waals surface area contributed by atoms with E-state index in [4.69, 9.17) is 5.73 Å². The fourth-order valence-electron chi connectivity index (χ4n) is 1.39. The van der Waals surface area contributed by atoms with Gasteiger partial charge in [-0.3, -0.25) is 10.1 Å². The van der Waals surface area contributed by atoms with Crippen LogP contribution in [0.2, 0.25) is 0 Å². The lowest BCUT2D eigenvalue weighted by Gasteiger charge is -2.20. The summed E-state index contributed by atoms with van der Waals surface area (Å²) in [5.41, 5.74) is 2.92. The number of nitro benzene ring substituents is 1. The van der Waals surface area contributed by atoms with Crippen molar-refractivity contribution in [2.24, 2.45) is 5.73 Å². The van der Waals surface area contributed by atoms with Crippen LogP contribution in [-0.2, 0) is 11.7 Å². The second kappa shape index (κ2) is 3.99. The largest absolute Gasteiger partial charge is 0.416 e. The predicted molar refractivity (Wildman–Crippen MR) is 55.3 cm³/mol. The van der Waals surface area contributed by atoms with E-state index >= 15 is 0 Å². The Morgan fingerprint density at radius 3 is 2.18 bits per heavy atom. The molecule has 4 nitrogen and oxygen atoms in total. The molecule has 0 aromatic heterocycles. The molecule has 1 aromatic rings. The third-order valence-corrected chi connectivity index (χ3v) is 2.21. The summed E-state index contributed by atoms with van der Waals surface area (Å²) in [5, 5.41) is 10.7. The topological polar surface area (TPSA) is 69.2 Å². The summed E-state index contributed by atoms with van der Waals surface area (Å²) in [7, 11) is 0. The van der Waals surface area contributed by atoms with Crippen LogP contribution in [0.5, 0.6) is 0 Å². The molecular weight excluding hydrogens is 237 g/mol. The Balaban J connectivity index is 3.46. The second-order valence-electron chi connectivity index (χ2n) is 4.21. The molecule has 0 fully saturated rings. The summed E-state index contributed by atoms with van der Waals surface area (Å²) in [6, 6.07) is 2.22. The van der Waals surface area contributed by atoms with Crippen molar-refractivity contribution in [2.75, 3.05) is 0 Å². The number of hydrogen-bond donors (Lipinski definition) is 1. The van der Waals surface area contributed by atoms with Crippen LogP contribution in [0.3, 0.4) is 0 Å². The van der Waals surface area contributed by atoms with E-state index in [1.165, 1.54) is 13.8 Å². The van der Waals surface area contributed by atoms with Gasteiger partial charge in [0.1, 0.15) is 0 Å². The van der Waals surface area contributed by atoms with Crippen molar-refractivity contribution < 1.29 is 18.1 Å². The molecule has 94 valence electrons. The normalized spacial score (nSPS) is 12.6. The third kappa shape index (κ3) is 2.94. The Hall–Kier alpha value is -1.63. The predicted octanol–water partition coefficient (Wildman–Crippen LogP) is 2.81. The van der Waals surface area contributed by atoms with E-state index in [0.717, 1.165) is 12.1 Å². The van der Waals surface area contributed by atoms with Crippen molar-refractivity contribution >= 4 is 5.69 Å². The van der Waals surface area contributed by atoms with Gasteiger partial charge in [0.25, 0.3) is 5.69 Å². The van der Waals surface area contributed by atoms with Crippen LogP contribution in [0.25, 0.3) is 0 Å². The molecule has 1 aromatic carbocycles. The Morgan fingerprint density at radius 1 is 1.29 bits per heavy atom. The smallest absolute Gasteiger partial charge is 0.322 e. The van der Waals surface area contributed by atoms with Gasteiger partial charge in [-0.1, -0.05) is 0 Å². The summed E-state index contributed by atoms with van der Waals surface area (Å²) < 4.78 is 37.4. The highest BCUT2D eigenvalue weighted by atomic mass is 19.4. The van der Waals surface area contributed by atoms with Crippen molar-refractivity contribution in [3.8, 4) is 0 Å². The Labute approximate surface area is 95.4 Å². The number of benzene rings is 1. The van der Waals surface area contributed by atoms with E-state index in [1.807, 2.05) is 0 Å². The summed E-state index contributed by atoms with van der Waals surface area (Å²) >= 11 is 0. The fourth-order valence-corrected chi connectivity index (χ4v) is 1.39. The standard InChI is InChI=1S/C10H11F3N2O2/c1-9(2,14)7-5-6(10(11,12)13)3-4-8(7)15(16)17/h3-5H,14H2,1-2H3. The number of nitro groups is 1. The zero-order valence-corrected chi connectivity index (χ0v) is 9.21. The number of alkyl halides is 3. The van der Waals surface area contributed by atoms with Crippen LogP contribution < -0.4 is 5.73 Å². The van der Waals surface area contributed by atoms with Gasteiger partial charge >= 0.3 is 6.18 Å². The van der Waals surface area contributed by atoms with Crippen molar-refractivity contribution in [2.45, 2.75) is 25.6 Å². The Kier molecular flexibility index (Phi) is 3.15. The van der Waals surface area contributed by atoms with Crippen LogP contribution in [0.1, 0.15) is 25.0 Å². The van der Waals surface area contributed by atoms with Gasteiger partial charge in [0.05, 0.1) is 10.5 Å². The first-order chi connectivity index (χ1) is 7.53. The molecular formula is C10H11F3N2O2. The minimum Gasteiger partial charge on any atom is -0.322 e. The van der Waals surface area contributed by atoms with E-state index in [-0.39, 0.29) is 5.56 Å². The van der Waals surface area contributed by atoms with Crippen LogP contribution >= 0.6 is 0 Å². The van der Waals surface area contributed by atoms with Gasteiger partial charge in [-0.2, -0.15) is 13.2 Å². The lowest BCUT2D eigenvalue weighted by molar-refractivity contribution is -0.386. The monoisotopic (exact) mass is 248 g/mol. The number of rotatable bonds is 2. The number of halogens is 3. The summed E-state index contributed by atoms with van der Waals surface area (Å²) in [6.07, 6.45) is -4.55. The minimum absolute atomic E-state index is 0.141. The second-order valence-corrected chi connectivity index (χ2v) is 4.21. The highest BCUT2D eigenvalue weighted by Crippen LogP contribution is 2.35. The van der Waals surface area contributed by atoms with E-state index in [2.05, 4.69) is 0 Å². The first kappa shape index (κ1) is 13.4. The van der Waals surface area contributed by atoms with E-state index in [1.54, 1.807) is 0 Å². The molecule has 0 spiro atoms. The average Bonchev–Trinajstić information content (AvgIpc) is 2.14. The van der Waals surface area contributed by atoms with Gasteiger partial charge in [0.15, 0.2) is 0 Å². The molecule has 0 aliphatic heterocycles. The van der Waals surface area contributed by atoms with Gasteiger partial charge < -0.3 is 5.73 Å². The molecule has 0 saturated carbocycles. The molecule has 7 heteroatoms. The first-order valence-corrected chi connectivity index (χ1v) is 4.68. The van der Waals surface area contributed by atoms with Gasteiger partial charge in [0.2, 0.25) is 0 Å². The molecule has 0 unspecified atom stereocenters. The first-order valence-electron chi connectivity index (χ1n) is 4.68. The maximum Gasteiger partial charge on any atom is 0.416 e. The zero-order chi connectivity index (χ0) is 13.4. The molecule has 0 saturated heterocycles. The Morgan fingerprint density at radius 2 is 1.82 bits per heavy atom. The maximum atomic E-state index is 12.5. The van der Waals surface area contributed by atoms with Crippen molar-refractivity contribution in [3.05, 3.63) is 39.4 Å². The van der Waals surface area contributed by atoms with Crippen molar-refractivity contribution in [1.29, 1.82) is 0 Å². The molecule has 0 heterocycles.